The van der Waals surface area contributed by atoms with Crippen molar-refractivity contribution in [2.75, 3.05) is 19.5 Å². The van der Waals surface area contributed by atoms with E-state index < -0.39 is 0 Å². The fraction of sp³-hybridized carbons (Fsp3) is 0.208. The zero-order chi connectivity index (χ0) is 23.4. The summed E-state index contributed by atoms with van der Waals surface area (Å²) in [7, 11) is 3.24. The van der Waals surface area contributed by atoms with Crippen LogP contribution in [0.15, 0.2) is 54.7 Å². The molecule has 0 atom stereocenters. The number of H-pyrrole nitrogens is 1. The Morgan fingerprint density at radius 2 is 1.76 bits per heavy atom. The van der Waals surface area contributed by atoms with E-state index >= 15 is 0 Å². The number of ether oxygens (including phenoxy) is 2. The van der Waals surface area contributed by atoms with Crippen molar-refractivity contribution in [1.29, 1.82) is 0 Å². The van der Waals surface area contributed by atoms with Gasteiger partial charge in [0, 0.05) is 17.8 Å². The smallest absolute Gasteiger partial charge is 0.260 e. The topological polar surface area (TPSA) is 94.1 Å². The van der Waals surface area contributed by atoms with Gasteiger partial charge in [0.25, 0.3) is 5.91 Å². The highest BCUT2D eigenvalue weighted by atomic mass is 19.1. The largest absolute Gasteiger partial charge is 0.497 e. The molecule has 2 aromatic carbocycles. The Hall–Kier alpha value is -4.14. The molecule has 0 saturated heterocycles. The summed E-state index contributed by atoms with van der Waals surface area (Å²) in [5.74, 6) is 1.24. The standard InChI is InChI=1S/C24H24FN5O3/c1-15-22(14-26-30(15)19-8-5-17(25)6-9-19)24(31)27-23-12-18(28-29-23)7-4-16-10-20(32-2)13-21(11-16)33-3/h5-6,8-14H,4,7H2,1-3H3,(H2,27,28,29,31). The number of anilines is 1. The monoisotopic (exact) mass is 449 g/mol. The number of carbonyl (C=O) groups excluding carboxylic acids is 1. The molecule has 2 N–H and O–H groups in total. The van der Waals surface area contributed by atoms with Crippen molar-refractivity contribution >= 4 is 11.7 Å². The molecule has 2 heterocycles. The quantitative estimate of drug-likeness (QED) is 0.422. The summed E-state index contributed by atoms with van der Waals surface area (Å²) in [6, 6.07) is 13.5. The minimum atomic E-state index is -0.332. The molecule has 9 heteroatoms. The third kappa shape index (κ3) is 5.03. The predicted molar refractivity (Wildman–Crippen MR) is 122 cm³/mol. The van der Waals surface area contributed by atoms with Crippen molar-refractivity contribution in [1.82, 2.24) is 20.0 Å². The third-order valence-corrected chi connectivity index (χ3v) is 5.29. The van der Waals surface area contributed by atoms with E-state index in [1.165, 1.54) is 18.3 Å². The number of rotatable bonds is 8. The first-order chi connectivity index (χ1) is 16.0. The number of aromatic amines is 1. The third-order valence-electron chi connectivity index (χ3n) is 5.29. The van der Waals surface area contributed by atoms with Crippen LogP contribution in [0.2, 0.25) is 0 Å². The fourth-order valence-electron chi connectivity index (χ4n) is 3.50. The Balaban J connectivity index is 1.41. The number of halogens is 1. The molecule has 4 rings (SSSR count). The van der Waals surface area contributed by atoms with Crippen molar-refractivity contribution in [2.45, 2.75) is 19.8 Å². The molecule has 0 aliphatic rings. The molecular formula is C24H24FN5O3. The van der Waals surface area contributed by atoms with E-state index in [4.69, 9.17) is 9.47 Å². The van der Waals surface area contributed by atoms with E-state index in [2.05, 4.69) is 20.6 Å². The molecule has 8 nitrogen and oxygen atoms in total. The second kappa shape index (κ2) is 9.56. The van der Waals surface area contributed by atoms with Gasteiger partial charge in [-0.2, -0.15) is 10.2 Å². The average molecular weight is 449 g/mol. The molecule has 33 heavy (non-hydrogen) atoms. The van der Waals surface area contributed by atoms with Gasteiger partial charge in [0.05, 0.1) is 37.4 Å². The van der Waals surface area contributed by atoms with Crippen LogP contribution < -0.4 is 14.8 Å². The van der Waals surface area contributed by atoms with Gasteiger partial charge in [0.1, 0.15) is 17.3 Å². The molecular weight excluding hydrogens is 425 g/mol. The van der Waals surface area contributed by atoms with Gasteiger partial charge in [0.15, 0.2) is 5.82 Å². The Bertz CT molecular complexity index is 1240. The average Bonchev–Trinajstić information content (AvgIpc) is 3.44. The van der Waals surface area contributed by atoms with Gasteiger partial charge >= 0.3 is 0 Å². The van der Waals surface area contributed by atoms with Crippen LogP contribution in [0.1, 0.15) is 27.3 Å². The molecule has 0 spiro atoms. The van der Waals surface area contributed by atoms with E-state index in [-0.39, 0.29) is 11.7 Å². The molecule has 0 aliphatic carbocycles. The lowest BCUT2D eigenvalue weighted by molar-refractivity contribution is 0.102. The molecule has 0 fully saturated rings. The van der Waals surface area contributed by atoms with Crippen LogP contribution in [0, 0.1) is 12.7 Å². The van der Waals surface area contributed by atoms with Gasteiger partial charge in [-0.3, -0.25) is 9.89 Å². The lowest BCUT2D eigenvalue weighted by Crippen LogP contribution is -2.13. The number of hydrogen-bond donors (Lipinski definition) is 2. The predicted octanol–water partition coefficient (Wildman–Crippen LogP) is 4.10. The fourth-order valence-corrected chi connectivity index (χ4v) is 3.50. The van der Waals surface area contributed by atoms with Crippen molar-refractivity contribution in [3.05, 3.63) is 83.1 Å². The molecule has 0 radical (unpaired) electrons. The molecule has 4 aromatic rings. The van der Waals surface area contributed by atoms with Crippen molar-refractivity contribution in [3.63, 3.8) is 0 Å². The summed E-state index contributed by atoms with van der Waals surface area (Å²) in [6.45, 7) is 1.78. The van der Waals surface area contributed by atoms with E-state index in [1.807, 2.05) is 18.2 Å². The number of aromatic nitrogens is 4. The van der Waals surface area contributed by atoms with Gasteiger partial charge in [-0.1, -0.05) is 0 Å². The molecule has 1 amide bonds. The van der Waals surface area contributed by atoms with E-state index in [9.17, 15) is 9.18 Å². The van der Waals surface area contributed by atoms with Crippen molar-refractivity contribution in [2.24, 2.45) is 0 Å². The first kappa shape index (κ1) is 22.1. The molecule has 170 valence electrons. The van der Waals surface area contributed by atoms with Gasteiger partial charge in [-0.05, 0) is 61.7 Å². The summed E-state index contributed by atoms with van der Waals surface area (Å²) < 4.78 is 25.4. The van der Waals surface area contributed by atoms with Crippen LogP contribution in [0.3, 0.4) is 0 Å². The second-order valence-corrected chi connectivity index (χ2v) is 7.49. The van der Waals surface area contributed by atoms with Crippen LogP contribution >= 0.6 is 0 Å². The Morgan fingerprint density at radius 3 is 2.42 bits per heavy atom. The maximum Gasteiger partial charge on any atom is 0.260 e. The summed E-state index contributed by atoms with van der Waals surface area (Å²) in [5, 5.41) is 14.2. The molecule has 0 saturated carbocycles. The van der Waals surface area contributed by atoms with Gasteiger partial charge in [-0.15, -0.1) is 0 Å². The number of nitrogens with one attached hydrogen (secondary N) is 2. The highest BCUT2D eigenvalue weighted by molar-refractivity contribution is 6.04. The SMILES string of the molecule is COc1cc(CCc2cc(NC(=O)c3cnn(-c4ccc(F)cc4)c3C)n[nH]2)cc(OC)c1. The maximum absolute atomic E-state index is 13.2. The van der Waals surface area contributed by atoms with Gasteiger partial charge in [0.2, 0.25) is 0 Å². The number of carbonyl (C=O) groups is 1. The van der Waals surface area contributed by atoms with E-state index in [0.717, 1.165) is 29.2 Å². The zero-order valence-corrected chi connectivity index (χ0v) is 18.6. The number of amides is 1. The maximum atomic E-state index is 13.2. The lowest BCUT2D eigenvalue weighted by Gasteiger charge is -2.08. The lowest BCUT2D eigenvalue weighted by atomic mass is 10.1. The minimum absolute atomic E-state index is 0.323. The van der Waals surface area contributed by atoms with Crippen LogP contribution in [0.4, 0.5) is 10.2 Å². The first-order valence-corrected chi connectivity index (χ1v) is 10.3. The van der Waals surface area contributed by atoms with Crippen LogP contribution in [-0.4, -0.2) is 40.1 Å². The van der Waals surface area contributed by atoms with E-state index in [1.54, 1.807) is 44.0 Å². The minimum Gasteiger partial charge on any atom is -0.497 e. The normalized spacial score (nSPS) is 10.8. The Kier molecular flexibility index (Phi) is 6.39. The molecule has 2 aromatic heterocycles. The summed E-state index contributed by atoms with van der Waals surface area (Å²) in [6.07, 6.45) is 2.92. The Labute approximate surface area is 190 Å². The van der Waals surface area contributed by atoms with Crippen LogP contribution in [0.5, 0.6) is 11.5 Å². The Morgan fingerprint density at radius 1 is 1.06 bits per heavy atom. The number of aryl methyl sites for hydroxylation is 2. The second-order valence-electron chi connectivity index (χ2n) is 7.49. The highest BCUT2D eigenvalue weighted by Crippen LogP contribution is 2.23. The number of hydrogen-bond acceptors (Lipinski definition) is 5. The molecule has 0 aliphatic heterocycles. The number of benzene rings is 2. The van der Waals surface area contributed by atoms with Crippen molar-refractivity contribution in [3.8, 4) is 17.2 Å². The number of nitrogens with zero attached hydrogens (tertiary/aromatic N) is 3. The number of methoxy groups -OCH3 is 2. The van der Waals surface area contributed by atoms with Crippen molar-refractivity contribution < 1.29 is 18.7 Å². The van der Waals surface area contributed by atoms with Crippen LogP contribution in [-0.2, 0) is 12.8 Å². The summed E-state index contributed by atoms with van der Waals surface area (Å²) in [4.78, 5) is 12.8. The molecule has 0 bridgehead atoms. The highest BCUT2D eigenvalue weighted by Gasteiger charge is 2.16. The van der Waals surface area contributed by atoms with E-state index in [0.29, 0.717) is 29.2 Å². The van der Waals surface area contributed by atoms with Gasteiger partial charge < -0.3 is 14.8 Å². The summed E-state index contributed by atoms with van der Waals surface area (Å²) >= 11 is 0. The first-order valence-electron chi connectivity index (χ1n) is 10.3. The van der Waals surface area contributed by atoms with Crippen LogP contribution in [0.25, 0.3) is 5.69 Å². The van der Waals surface area contributed by atoms with Gasteiger partial charge in [-0.25, -0.2) is 9.07 Å². The zero-order valence-electron chi connectivity index (χ0n) is 18.6. The summed E-state index contributed by atoms with van der Waals surface area (Å²) in [5.41, 5.74) is 3.67. The molecule has 0 unspecified atom stereocenters.